The molecule has 100 valence electrons. The van der Waals surface area contributed by atoms with E-state index in [9.17, 15) is 4.79 Å². The van der Waals surface area contributed by atoms with E-state index in [1.54, 1.807) is 6.07 Å². The summed E-state index contributed by atoms with van der Waals surface area (Å²) >= 11 is 0. The van der Waals surface area contributed by atoms with Crippen LogP contribution in [0.25, 0.3) is 0 Å². The summed E-state index contributed by atoms with van der Waals surface area (Å²) in [5, 5.41) is 5.51. The van der Waals surface area contributed by atoms with Gasteiger partial charge in [-0.2, -0.15) is 0 Å². The number of ether oxygens (including phenoxy) is 1. The summed E-state index contributed by atoms with van der Waals surface area (Å²) < 4.78 is 5.44. The molecule has 0 atom stereocenters. The van der Waals surface area contributed by atoms with Gasteiger partial charge >= 0.3 is 6.03 Å². The topological polar surface area (TPSA) is 76.4 Å². The molecule has 5 nitrogen and oxygen atoms in total. The van der Waals surface area contributed by atoms with Crippen LogP contribution in [0, 0.1) is 0 Å². The van der Waals surface area contributed by atoms with Crippen molar-refractivity contribution in [1.82, 2.24) is 5.32 Å². The molecular formula is C13H21N3O2. The molecule has 1 rings (SSSR count). The van der Waals surface area contributed by atoms with Crippen molar-refractivity contribution in [2.24, 2.45) is 5.73 Å². The van der Waals surface area contributed by atoms with Crippen molar-refractivity contribution >= 4 is 11.7 Å². The van der Waals surface area contributed by atoms with Gasteiger partial charge in [-0.05, 0) is 31.5 Å². The number of benzene rings is 1. The van der Waals surface area contributed by atoms with Crippen molar-refractivity contribution in [3.8, 4) is 5.75 Å². The van der Waals surface area contributed by atoms with Crippen molar-refractivity contribution in [1.29, 1.82) is 0 Å². The SMILES string of the molecule is CCCNC(=O)Nc1ccc(OCC)c(CN)c1. The Hall–Kier alpha value is -1.75. The highest BCUT2D eigenvalue weighted by molar-refractivity contribution is 5.89. The van der Waals surface area contributed by atoms with E-state index in [0.717, 1.165) is 17.7 Å². The van der Waals surface area contributed by atoms with E-state index in [0.29, 0.717) is 25.4 Å². The Balaban J connectivity index is 2.69. The number of rotatable bonds is 6. The van der Waals surface area contributed by atoms with Gasteiger partial charge in [0.2, 0.25) is 0 Å². The number of amides is 2. The molecule has 0 saturated carbocycles. The van der Waals surface area contributed by atoms with Gasteiger partial charge in [0.05, 0.1) is 6.61 Å². The number of carbonyl (C=O) groups is 1. The first-order valence-corrected chi connectivity index (χ1v) is 6.21. The number of nitrogens with one attached hydrogen (secondary N) is 2. The van der Waals surface area contributed by atoms with Crippen molar-refractivity contribution in [2.45, 2.75) is 26.8 Å². The molecule has 5 heteroatoms. The first kappa shape index (κ1) is 14.3. The highest BCUT2D eigenvalue weighted by atomic mass is 16.5. The molecule has 0 aliphatic carbocycles. The van der Waals surface area contributed by atoms with Gasteiger partial charge < -0.3 is 21.1 Å². The van der Waals surface area contributed by atoms with Gasteiger partial charge in [0.25, 0.3) is 0 Å². The van der Waals surface area contributed by atoms with Gasteiger partial charge in [-0.25, -0.2) is 4.79 Å². The van der Waals surface area contributed by atoms with Crippen LogP contribution in [-0.4, -0.2) is 19.2 Å². The lowest BCUT2D eigenvalue weighted by Gasteiger charge is -2.12. The zero-order chi connectivity index (χ0) is 13.4. The second kappa shape index (κ2) is 7.55. The van der Waals surface area contributed by atoms with Crippen LogP contribution in [0.4, 0.5) is 10.5 Å². The van der Waals surface area contributed by atoms with Crippen LogP contribution in [0.1, 0.15) is 25.8 Å². The number of anilines is 1. The molecule has 0 fully saturated rings. The predicted molar refractivity (Wildman–Crippen MR) is 72.8 cm³/mol. The van der Waals surface area contributed by atoms with E-state index >= 15 is 0 Å². The van der Waals surface area contributed by atoms with Gasteiger partial charge in [-0.3, -0.25) is 0 Å². The summed E-state index contributed by atoms with van der Waals surface area (Å²) in [6, 6.07) is 5.25. The minimum absolute atomic E-state index is 0.205. The largest absolute Gasteiger partial charge is 0.494 e. The molecule has 0 heterocycles. The molecule has 1 aromatic carbocycles. The molecule has 0 aliphatic heterocycles. The van der Waals surface area contributed by atoms with Crippen LogP contribution >= 0.6 is 0 Å². The van der Waals surface area contributed by atoms with Gasteiger partial charge in [0, 0.05) is 24.3 Å². The zero-order valence-electron chi connectivity index (χ0n) is 11.0. The van der Waals surface area contributed by atoms with Crippen LogP contribution < -0.4 is 21.1 Å². The molecule has 1 aromatic rings. The van der Waals surface area contributed by atoms with Crippen molar-refractivity contribution in [2.75, 3.05) is 18.5 Å². The number of hydrogen-bond acceptors (Lipinski definition) is 3. The monoisotopic (exact) mass is 251 g/mol. The highest BCUT2D eigenvalue weighted by Gasteiger charge is 2.05. The standard InChI is InChI=1S/C13H21N3O2/c1-3-7-15-13(17)16-11-5-6-12(18-4-2)10(8-11)9-14/h5-6,8H,3-4,7,9,14H2,1-2H3,(H2,15,16,17). The van der Waals surface area contributed by atoms with Crippen LogP contribution in [0.2, 0.25) is 0 Å². The molecule has 2 amide bonds. The Morgan fingerprint density at radius 1 is 1.39 bits per heavy atom. The third kappa shape index (κ3) is 4.25. The molecule has 4 N–H and O–H groups in total. The normalized spacial score (nSPS) is 9.94. The molecule has 0 saturated heterocycles. The number of urea groups is 1. The predicted octanol–water partition coefficient (Wildman–Crippen LogP) is 2.08. The molecule has 0 aromatic heterocycles. The Kier molecular flexibility index (Phi) is 6.00. The molecule has 0 radical (unpaired) electrons. The lowest BCUT2D eigenvalue weighted by molar-refractivity contribution is 0.252. The third-order valence-electron chi connectivity index (χ3n) is 2.37. The number of carbonyl (C=O) groups excluding carboxylic acids is 1. The van der Waals surface area contributed by atoms with Gasteiger partial charge in [0.1, 0.15) is 5.75 Å². The number of nitrogens with two attached hydrogens (primary N) is 1. The summed E-state index contributed by atoms with van der Waals surface area (Å²) in [5.41, 5.74) is 7.25. The zero-order valence-corrected chi connectivity index (χ0v) is 11.0. The maximum absolute atomic E-state index is 11.5. The highest BCUT2D eigenvalue weighted by Crippen LogP contribution is 2.22. The number of hydrogen-bond donors (Lipinski definition) is 3. The van der Waals surface area contributed by atoms with E-state index in [4.69, 9.17) is 10.5 Å². The van der Waals surface area contributed by atoms with E-state index < -0.39 is 0 Å². The smallest absolute Gasteiger partial charge is 0.319 e. The second-order valence-corrected chi connectivity index (χ2v) is 3.84. The molecule has 18 heavy (non-hydrogen) atoms. The maximum Gasteiger partial charge on any atom is 0.319 e. The van der Waals surface area contributed by atoms with Crippen molar-refractivity contribution in [3.63, 3.8) is 0 Å². The van der Waals surface area contributed by atoms with Crippen LogP contribution in [-0.2, 0) is 6.54 Å². The van der Waals surface area contributed by atoms with E-state index in [-0.39, 0.29) is 6.03 Å². The van der Waals surface area contributed by atoms with Crippen molar-refractivity contribution < 1.29 is 9.53 Å². The van der Waals surface area contributed by atoms with E-state index in [1.165, 1.54) is 0 Å². The Bertz CT molecular complexity index is 394. The third-order valence-corrected chi connectivity index (χ3v) is 2.37. The van der Waals surface area contributed by atoms with Crippen molar-refractivity contribution in [3.05, 3.63) is 23.8 Å². The van der Waals surface area contributed by atoms with E-state index in [2.05, 4.69) is 10.6 Å². The lowest BCUT2D eigenvalue weighted by atomic mass is 10.2. The lowest BCUT2D eigenvalue weighted by Crippen LogP contribution is -2.29. The first-order valence-electron chi connectivity index (χ1n) is 6.21. The van der Waals surface area contributed by atoms with Gasteiger partial charge in [0.15, 0.2) is 0 Å². The van der Waals surface area contributed by atoms with Crippen LogP contribution in [0.5, 0.6) is 5.75 Å². The van der Waals surface area contributed by atoms with E-state index in [1.807, 2.05) is 26.0 Å². The molecule has 0 aliphatic rings. The summed E-state index contributed by atoms with van der Waals surface area (Å²) in [5.74, 6) is 0.763. The molecule has 0 spiro atoms. The summed E-state index contributed by atoms with van der Waals surface area (Å²) in [6.07, 6.45) is 0.907. The van der Waals surface area contributed by atoms with Gasteiger partial charge in [-0.1, -0.05) is 6.92 Å². The van der Waals surface area contributed by atoms with Crippen LogP contribution in [0.3, 0.4) is 0 Å². The maximum atomic E-state index is 11.5. The molecular weight excluding hydrogens is 230 g/mol. The summed E-state index contributed by atoms with van der Waals surface area (Å²) in [6.45, 7) is 5.55. The minimum Gasteiger partial charge on any atom is -0.494 e. The average molecular weight is 251 g/mol. The Morgan fingerprint density at radius 2 is 2.17 bits per heavy atom. The Morgan fingerprint density at radius 3 is 2.78 bits per heavy atom. The van der Waals surface area contributed by atoms with Crippen LogP contribution in [0.15, 0.2) is 18.2 Å². The average Bonchev–Trinajstić information content (AvgIpc) is 2.38. The fourth-order valence-electron chi connectivity index (χ4n) is 1.53. The molecule has 0 bridgehead atoms. The quantitative estimate of drug-likeness (QED) is 0.724. The Labute approximate surface area is 108 Å². The first-order chi connectivity index (χ1) is 8.71. The second-order valence-electron chi connectivity index (χ2n) is 3.84. The van der Waals surface area contributed by atoms with Gasteiger partial charge in [-0.15, -0.1) is 0 Å². The summed E-state index contributed by atoms with van der Waals surface area (Å²) in [7, 11) is 0. The minimum atomic E-state index is -0.205. The molecule has 0 unspecified atom stereocenters. The fraction of sp³-hybridized carbons (Fsp3) is 0.462. The summed E-state index contributed by atoms with van der Waals surface area (Å²) in [4.78, 5) is 11.5. The fourth-order valence-corrected chi connectivity index (χ4v) is 1.53.